The van der Waals surface area contributed by atoms with Crippen LogP contribution in [-0.4, -0.2) is 0 Å². The molecule has 0 bridgehead atoms. The molecule has 0 spiro atoms. The zero-order valence-electron chi connectivity index (χ0n) is 17.2. The number of halogens is 1. The summed E-state index contributed by atoms with van der Waals surface area (Å²) in [5.41, 5.74) is 8.60. The molecule has 1 heteroatoms. The highest BCUT2D eigenvalue weighted by molar-refractivity contribution is 6.30. The lowest BCUT2D eigenvalue weighted by Crippen LogP contribution is -2.02. The first-order valence-electron chi connectivity index (χ1n) is 10.7. The molecule has 0 amide bonds. The Morgan fingerprint density at radius 3 is 1.55 bits per heavy atom. The van der Waals surface area contributed by atoms with Crippen molar-refractivity contribution in [2.45, 2.75) is 12.3 Å². The van der Waals surface area contributed by atoms with Gasteiger partial charge >= 0.3 is 0 Å². The summed E-state index contributed by atoms with van der Waals surface area (Å²) in [4.78, 5) is 0. The van der Waals surface area contributed by atoms with Crippen LogP contribution in [0.4, 0.5) is 0 Å². The van der Waals surface area contributed by atoms with E-state index in [4.69, 9.17) is 11.6 Å². The molecule has 1 unspecified atom stereocenters. The summed E-state index contributed by atoms with van der Waals surface area (Å²) in [6, 6.07) is 38.6. The standard InChI is InChI=1S/C30H23Cl/c31-30-20-28(24-14-8-3-9-15-24)19-29(21-30)27-17-25(22-10-4-1-5-11-22)16-26(18-27)23-12-6-2-7-13-23/h1-20,29H,21H2. The lowest BCUT2D eigenvalue weighted by Gasteiger charge is -2.22. The minimum absolute atomic E-state index is 0.235. The summed E-state index contributed by atoms with van der Waals surface area (Å²) < 4.78 is 0. The van der Waals surface area contributed by atoms with Crippen LogP contribution in [0.2, 0.25) is 0 Å². The monoisotopic (exact) mass is 418 g/mol. The summed E-state index contributed by atoms with van der Waals surface area (Å²) in [5, 5.41) is 0.901. The van der Waals surface area contributed by atoms with Crippen molar-refractivity contribution in [1.29, 1.82) is 0 Å². The average molecular weight is 419 g/mol. The molecule has 1 atom stereocenters. The van der Waals surface area contributed by atoms with Gasteiger partial charge in [0.05, 0.1) is 0 Å². The van der Waals surface area contributed by atoms with Gasteiger partial charge in [0, 0.05) is 11.0 Å². The van der Waals surface area contributed by atoms with Crippen molar-refractivity contribution in [3.63, 3.8) is 0 Å². The maximum absolute atomic E-state index is 6.64. The van der Waals surface area contributed by atoms with Crippen LogP contribution in [0.25, 0.3) is 27.8 Å². The second kappa shape index (κ2) is 8.79. The maximum atomic E-state index is 6.64. The van der Waals surface area contributed by atoms with Crippen LogP contribution < -0.4 is 0 Å². The molecule has 1 aliphatic carbocycles. The van der Waals surface area contributed by atoms with Crippen LogP contribution in [0.3, 0.4) is 0 Å². The fraction of sp³-hybridized carbons (Fsp3) is 0.0667. The van der Waals surface area contributed by atoms with Crippen LogP contribution in [0.1, 0.15) is 23.5 Å². The summed E-state index contributed by atoms with van der Waals surface area (Å²) in [6.45, 7) is 0. The molecule has 0 aromatic heterocycles. The van der Waals surface area contributed by atoms with E-state index < -0.39 is 0 Å². The number of hydrogen-bond donors (Lipinski definition) is 0. The normalized spacial score (nSPS) is 15.8. The first kappa shape index (κ1) is 19.6. The molecule has 0 heterocycles. The lowest BCUT2D eigenvalue weighted by atomic mass is 9.84. The molecule has 5 rings (SSSR count). The molecule has 31 heavy (non-hydrogen) atoms. The molecule has 0 N–H and O–H groups in total. The minimum Gasteiger partial charge on any atom is -0.0891 e. The number of rotatable bonds is 4. The predicted octanol–water partition coefficient (Wildman–Crippen LogP) is 8.71. The zero-order valence-corrected chi connectivity index (χ0v) is 18.0. The average Bonchev–Trinajstić information content (AvgIpc) is 2.85. The van der Waals surface area contributed by atoms with Gasteiger partial charge in [-0.25, -0.2) is 0 Å². The molecule has 4 aromatic carbocycles. The molecular formula is C30H23Cl. The highest BCUT2D eigenvalue weighted by Crippen LogP contribution is 2.39. The first-order chi connectivity index (χ1) is 15.3. The van der Waals surface area contributed by atoms with Gasteiger partial charge in [-0.2, -0.15) is 0 Å². The molecule has 150 valence electrons. The minimum atomic E-state index is 0.235. The molecule has 1 aliphatic rings. The topological polar surface area (TPSA) is 0 Å². The van der Waals surface area contributed by atoms with E-state index in [2.05, 4.69) is 115 Å². The quantitative estimate of drug-likeness (QED) is 0.311. The molecule has 0 radical (unpaired) electrons. The van der Waals surface area contributed by atoms with E-state index in [0.29, 0.717) is 0 Å². The van der Waals surface area contributed by atoms with E-state index in [1.165, 1.54) is 39.0 Å². The Morgan fingerprint density at radius 2 is 1.03 bits per heavy atom. The van der Waals surface area contributed by atoms with Crippen molar-refractivity contribution < 1.29 is 0 Å². The largest absolute Gasteiger partial charge is 0.0891 e. The maximum Gasteiger partial charge on any atom is 0.0196 e. The Bertz CT molecular complexity index is 1180. The Morgan fingerprint density at radius 1 is 0.548 bits per heavy atom. The third kappa shape index (κ3) is 4.40. The van der Waals surface area contributed by atoms with Crippen LogP contribution in [-0.2, 0) is 0 Å². The highest BCUT2D eigenvalue weighted by atomic mass is 35.5. The van der Waals surface area contributed by atoms with Gasteiger partial charge in [0.15, 0.2) is 0 Å². The molecule has 0 saturated carbocycles. The zero-order chi connectivity index (χ0) is 21.0. The number of benzene rings is 4. The van der Waals surface area contributed by atoms with E-state index in [9.17, 15) is 0 Å². The smallest absolute Gasteiger partial charge is 0.0196 e. The second-order valence-corrected chi connectivity index (χ2v) is 8.45. The number of hydrogen-bond acceptors (Lipinski definition) is 0. The molecule has 0 aliphatic heterocycles. The van der Waals surface area contributed by atoms with Gasteiger partial charge in [-0.15, -0.1) is 0 Å². The Labute approximate surface area is 189 Å². The Kier molecular flexibility index (Phi) is 5.56. The number of allylic oxidation sites excluding steroid dienone is 4. The molecule has 0 fully saturated rings. The van der Waals surface area contributed by atoms with Crippen molar-refractivity contribution in [3.05, 3.63) is 138 Å². The predicted molar refractivity (Wildman–Crippen MR) is 133 cm³/mol. The van der Waals surface area contributed by atoms with Crippen molar-refractivity contribution in [2.75, 3.05) is 0 Å². The van der Waals surface area contributed by atoms with Crippen LogP contribution in [0.5, 0.6) is 0 Å². The molecule has 0 saturated heterocycles. The van der Waals surface area contributed by atoms with E-state index >= 15 is 0 Å². The summed E-state index contributed by atoms with van der Waals surface area (Å²) in [5.74, 6) is 0.235. The van der Waals surface area contributed by atoms with Crippen molar-refractivity contribution in [1.82, 2.24) is 0 Å². The molecule has 4 aromatic rings. The lowest BCUT2D eigenvalue weighted by molar-refractivity contribution is 0.846. The van der Waals surface area contributed by atoms with Gasteiger partial charge in [0.1, 0.15) is 0 Å². The molecular weight excluding hydrogens is 396 g/mol. The van der Waals surface area contributed by atoms with Gasteiger partial charge in [-0.1, -0.05) is 121 Å². The second-order valence-electron chi connectivity index (χ2n) is 7.97. The Hall–Kier alpha value is -3.35. The third-order valence-electron chi connectivity index (χ3n) is 5.81. The fourth-order valence-corrected chi connectivity index (χ4v) is 4.53. The molecule has 0 nitrogen and oxygen atoms in total. The van der Waals surface area contributed by atoms with Gasteiger partial charge in [-0.05, 0) is 57.5 Å². The van der Waals surface area contributed by atoms with E-state index in [0.717, 1.165) is 11.5 Å². The van der Waals surface area contributed by atoms with Crippen molar-refractivity contribution >= 4 is 17.2 Å². The van der Waals surface area contributed by atoms with Crippen LogP contribution in [0.15, 0.2) is 126 Å². The van der Waals surface area contributed by atoms with Gasteiger partial charge < -0.3 is 0 Å². The van der Waals surface area contributed by atoms with E-state index in [1.54, 1.807) is 0 Å². The SMILES string of the molecule is ClC1=CC(c2ccccc2)=CC(c2cc(-c3ccccc3)cc(-c3ccccc3)c2)C1. The van der Waals surface area contributed by atoms with Crippen molar-refractivity contribution in [2.24, 2.45) is 0 Å². The van der Waals surface area contributed by atoms with Gasteiger partial charge in [0.25, 0.3) is 0 Å². The van der Waals surface area contributed by atoms with Crippen LogP contribution in [0, 0.1) is 0 Å². The summed E-state index contributed by atoms with van der Waals surface area (Å²) in [7, 11) is 0. The third-order valence-corrected chi connectivity index (χ3v) is 6.08. The van der Waals surface area contributed by atoms with Crippen LogP contribution >= 0.6 is 11.6 Å². The summed E-state index contributed by atoms with van der Waals surface area (Å²) in [6.07, 6.45) is 5.29. The van der Waals surface area contributed by atoms with E-state index in [1.807, 2.05) is 6.07 Å². The Balaban J connectivity index is 1.63. The van der Waals surface area contributed by atoms with Crippen molar-refractivity contribution in [3.8, 4) is 22.3 Å². The highest BCUT2D eigenvalue weighted by Gasteiger charge is 2.19. The van der Waals surface area contributed by atoms with Gasteiger partial charge in [-0.3, -0.25) is 0 Å². The van der Waals surface area contributed by atoms with E-state index in [-0.39, 0.29) is 5.92 Å². The fourth-order valence-electron chi connectivity index (χ4n) is 4.25. The first-order valence-corrected chi connectivity index (χ1v) is 11.0. The summed E-state index contributed by atoms with van der Waals surface area (Å²) >= 11 is 6.64. The van der Waals surface area contributed by atoms with Gasteiger partial charge in [0.2, 0.25) is 0 Å².